The summed E-state index contributed by atoms with van der Waals surface area (Å²) in [6.07, 6.45) is 3.55. The highest BCUT2D eigenvalue weighted by molar-refractivity contribution is 5.79. The van der Waals surface area contributed by atoms with E-state index in [0.29, 0.717) is 16.7 Å². The second kappa shape index (κ2) is 4.23. The summed E-state index contributed by atoms with van der Waals surface area (Å²) in [6, 6.07) is 7.02. The van der Waals surface area contributed by atoms with Crippen molar-refractivity contribution in [2.45, 2.75) is 6.92 Å². The Morgan fingerprint density at radius 1 is 1.31 bits per heavy atom. The monoisotopic (exact) mass is 215 g/mol. The van der Waals surface area contributed by atoms with Crippen LogP contribution in [-0.2, 0) is 0 Å². The van der Waals surface area contributed by atoms with Crippen molar-refractivity contribution in [2.75, 3.05) is 0 Å². The first-order valence-electron chi connectivity index (χ1n) is 4.88. The first-order chi connectivity index (χ1) is 7.72. The summed E-state index contributed by atoms with van der Waals surface area (Å²) < 4.78 is 13.3. The number of hydrogen-bond acceptors (Lipinski definition) is 2. The predicted octanol–water partition coefficient (Wildman–Crippen LogP) is 3.01. The molecule has 3 heteroatoms. The van der Waals surface area contributed by atoms with Gasteiger partial charge >= 0.3 is 0 Å². The Hall–Kier alpha value is -2.03. The lowest BCUT2D eigenvalue weighted by Gasteiger charge is -2.06. The third kappa shape index (κ3) is 1.84. The molecule has 0 spiro atoms. The molecule has 0 aliphatic heterocycles. The van der Waals surface area contributed by atoms with Gasteiger partial charge in [0.1, 0.15) is 12.1 Å². The lowest BCUT2D eigenvalue weighted by Crippen LogP contribution is -1.91. The number of carbonyl (C=O) groups excluding carboxylic acids is 1. The lowest BCUT2D eigenvalue weighted by molar-refractivity contribution is 0.112. The van der Waals surface area contributed by atoms with Gasteiger partial charge in [-0.05, 0) is 24.1 Å². The minimum atomic E-state index is -0.339. The van der Waals surface area contributed by atoms with Crippen LogP contribution in [-0.4, -0.2) is 11.3 Å². The van der Waals surface area contributed by atoms with Crippen LogP contribution in [0.4, 0.5) is 4.39 Å². The van der Waals surface area contributed by atoms with E-state index in [1.807, 2.05) is 6.07 Å². The Balaban J connectivity index is 2.58. The van der Waals surface area contributed by atoms with Crippen LogP contribution in [0.3, 0.4) is 0 Å². The van der Waals surface area contributed by atoms with E-state index in [2.05, 4.69) is 4.98 Å². The molecule has 2 nitrogen and oxygen atoms in total. The Bertz CT molecular complexity index is 537. The van der Waals surface area contributed by atoms with Crippen molar-refractivity contribution in [3.63, 3.8) is 0 Å². The molecule has 1 aromatic heterocycles. The molecule has 0 bridgehead atoms. The van der Waals surface area contributed by atoms with Gasteiger partial charge < -0.3 is 0 Å². The van der Waals surface area contributed by atoms with E-state index in [1.165, 1.54) is 6.20 Å². The Labute approximate surface area is 92.8 Å². The van der Waals surface area contributed by atoms with Crippen molar-refractivity contribution in [2.24, 2.45) is 0 Å². The van der Waals surface area contributed by atoms with Crippen molar-refractivity contribution in [1.29, 1.82) is 0 Å². The zero-order valence-electron chi connectivity index (χ0n) is 8.77. The molecule has 2 aromatic rings. The first-order valence-corrected chi connectivity index (χ1v) is 4.88. The standard InChI is InChI=1S/C13H10FNO/c1-9-12(6-15-7-13(9)14)11-4-2-3-10(5-11)8-16/h2-8H,1H3. The fourth-order valence-corrected chi connectivity index (χ4v) is 1.57. The van der Waals surface area contributed by atoms with Gasteiger partial charge in [-0.2, -0.15) is 0 Å². The number of carbonyl (C=O) groups is 1. The summed E-state index contributed by atoms with van der Waals surface area (Å²) in [7, 11) is 0. The third-order valence-corrected chi connectivity index (χ3v) is 2.49. The van der Waals surface area contributed by atoms with Crippen molar-refractivity contribution in [1.82, 2.24) is 4.98 Å². The number of aromatic nitrogens is 1. The summed E-state index contributed by atoms with van der Waals surface area (Å²) in [4.78, 5) is 14.5. The number of hydrogen-bond donors (Lipinski definition) is 0. The van der Waals surface area contributed by atoms with E-state index >= 15 is 0 Å². The van der Waals surface area contributed by atoms with E-state index in [0.717, 1.165) is 11.8 Å². The van der Waals surface area contributed by atoms with E-state index in [1.54, 1.807) is 31.3 Å². The van der Waals surface area contributed by atoms with E-state index in [4.69, 9.17) is 0 Å². The smallest absolute Gasteiger partial charge is 0.150 e. The average Bonchev–Trinajstić information content (AvgIpc) is 2.33. The fraction of sp³-hybridized carbons (Fsp3) is 0.0769. The summed E-state index contributed by atoms with van der Waals surface area (Å²) in [5.41, 5.74) is 2.62. The first kappa shape index (κ1) is 10.5. The molecule has 80 valence electrons. The minimum Gasteiger partial charge on any atom is -0.298 e. The average molecular weight is 215 g/mol. The minimum absolute atomic E-state index is 0.339. The summed E-state index contributed by atoms with van der Waals surface area (Å²) in [6.45, 7) is 1.69. The van der Waals surface area contributed by atoms with Crippen LogP contribution >= 0.6 is 0 Å². The number of nitrogens with zero attached hydrogens (tertiary/aromatic N) is 1. The van der Waals surface area contributed by atoms with Gasteiger partial charge in [0, 0.05) is 17.3 Å². The largest absolute Gasteiger partial charge is 0.298 e. The highest BCUT2D eigenvalue weighted by Crippen LogP contribution is 2.24. The molecular weight excluding hydrogens is 205 g/mol. The van der Waals surface area contributed by atoms with Crippen LogP contribution in [0, 0.1) is 12.7 Å². The van der Waals surface area contributed by atoms with Crippen LogP contribution in [0.15, 0.2) is 36.7 Å². The van der Waals surface area contributed by atoms with Gasteiger partial charge in [-0.3, -0.25) is 9.78 Å². The number of aldehydes is 1. The maximum Gasteiger partial charge on any atom is 0.150 e. The second-order valence-corrected chi connectivity index (χ2v) is 3.54. The van der Waals surface area contributed by atoms with Crippen molar-refractivity contribution in [3.05, 3.63) is 53.6 Å². The predicted molar refractivity (Wildman–Crippen MR) is 59.8 cm³/mol. The normalized spacial score (nSPS) is 10.1. The van der Waals surface area contributed by atoms with Gasteiger partial charge in [0.2, 0.25) is 0 Å². The SMILES string of the molecule is Cc1c(F)cncc1-c1cccc(C=O)c1. The maximum absolute atomic E-state index is 13.3. The van der Waals surface area contributed by atoms with Gasteiger partial charge in [0.15, 0.2) is 0 Å². The van der Waals surface area contributed by atoms with Gasteiger partial charge in [-0.1, -0.05) is 18.2 Å². The second-order valence-electron chi connectivity index (χ2n) is 3.54. The number of halogens is 1. The summed E-state index contributed by atoms with van der Waals surface area (Å²) in [5, 5.41) is 0. The molecule has 2 rings (SSSR count). The van der Waals surface area contributed by atoms with Crippen molar-refractivity contribution < 1.29 is 9.18 Å². The number of benzene rings is 1. The molecule has 0 aliphatic carbocycles. The molecule has 0 saturated carbocycles. The van der Waals surface area contributed by atoms with Crippen LogP contribution < -0.4 is 0 Å². The van der Waals surface area contributed by atoms with Crippen LogP contribution in [0.5, 0.6) is 0 Å². The van der Waals surface area contributed by atoms with Crippen LogP contribution in [0.1, 0.15) is 15.9 Å². The van der Waals surface area contributed by atoms with Crippen molar-refractivity contribution >= 4 is 6.29 Å². The quantitative estimate of drug-likeness (QED) is 0.721. The molecule has 0 N–H and O–H groups in total. The number of rotatable bonds is 2. The molecule has 0 amide bonds. The molecular formula is C13H10FNO. The Kier molecular flexibility index (Phi) is 2.77. The molecule has 1 heterocycles. The molecule has 0 saturated heterocycles. The highest BCUT2D eigenvalue weighted by Gasteiger charge is 2.06. The molecule has 16 heavy (non-hydrogen) atoms. The molecule has 0 radical (unpaired) electrons. The van der Waals surface area contributed by atoms with Gasteiger partial charge in [0.05, 0.1) is 6.20 Å². The molecule has 0 aliphatic rings. The Morgan fingerprint density at radius 3 is 2.88 bits per heavy atom. The van der Waals surface area contributed by atoms with Gasteiger partial charge in [-0.15, -0.1) is 0 Å². The van der Waals surface area contributed by atoms with Gasteiger partial charge in [-0.25, -0.2) is 4.39 Å². The third-order valence-electron chi connectivity index (χ3n) is 2.49. The van der Waals surface area contributed by atoms with E-state index < -0.39 is 0 Å². The zero-order chi connectivity index (χ0) is 11.5. The molecule has 0 unspecified atom stereocenters. The molecule has 1 aromatic carbocycles. The fourth-order valence-electron chi connectivity index (χ4n) is 1.57. The summed E-state index contributed by atoms with van der Waals surface area (Å²) >= 11 is 0. The van der Waals surface area contributed by atoms with Crippen LogP contribution in [0.25, 0.3) is 11.1 Å². The topological polar surface area (TPSA) is 30.0 Å². The zero-order valence-corrected chi connectivity index (χ0v) is 8.77. The Morgan fingerprint density at radius 2 is 2.12 bits per heavy atom. The summed E-state index contributed by atoms with van der Waals surface area (Å²) in [5.74, 6) is -0.339. The molecule has 0 fully saturated rings. The highest BCUT2D eigenvalue weighted by atomic mass is 19.1. The van der Waals surface area contributed by atoms with E-state index in [9.17, 15) is 9.18 Å². The van der Waals surface area contributed by atoms with E-state index in [-0.39, 0.29) is 5.82 Å². The van der Waals surface area contributed by atoms with Crippen LogP contribution in [0.2, 0.25) is 0 Å². The number of pyridine rings is 1. The maximum atomic E-state index is 13.3. The van der Waals surface area contributed by atoms with Gasteiger partial charge in [0.25, 0.3) is 0 Å². The molecule has 0 atom stereocenters. The van der Waals surface area contributed by atoms with Crippen molar-refractivity contribution in [3.8, 4) is 11.1 Å². The lowest BCUT2D eigenvalue weighted by atomic mass is 10.0.